The lowest BCUT2D eigenvalue weighted by molar-refractivity contribution is 0.356. The highest BCUT2D eigenvalue weighted by Crippen LogP contribution is 2.29. The van der Waals surface area contributed by atoms with Crippen molar-refractivity contribution in [2.24, 2.45) is 0 Å². The Hall–Kier alpha value is -1.81. The Morgan fingerprint density at radius 2 is 2.40 bits per heavy atom. The van der Waals surface area contributed by atoms with Gasteiger partial charge in [0.15, 0.2) is 0 Å². The molecule has 0 amide bonds. The van der Waals surface area contributed by atoms with Crippen LogP contribution in [0.4, 0.5) is 0 Å². The summed E-state index contributed by atoms with van der Waals surface area (Å²) in [5, 5.41) is 3.61. The van der Waals surface area contributed by atoms with Gasteiger partial charge in [-0.3, -0.25) is 0 Å². The molecular weight excluding hydrogens is 250 g/mol. The molecule has 0 aliphatic carbocycles. The van der Waals surface area contributed by atoms with Crippen molar-refractivity contribution in [3.8, 4) is 5.75 Å². The first-order valence-electron chi connectivity index (χ1n) is 7.34. The minimum absolute atomic E-state index is 0.298. The van der Waals surface area contributed by atoms with Crippen molar-refractivity contribution in [3.05, 3.63) is 47.5 Å². The standard InChI is InChI=1S/C16H21N3O/c1-2-6-17-14(11-16-18-7-8-19-16)12-3-4-15-13(10-12)5-9-20-15/h3-4,7-8,10,14,17H,2,5-6,9,11H2,1H3,(H,18,19). The number of nitrogens with one attached hydrogen (secondary N) is 2. The molecule has 3 rings (SSSR count). The maximum atomic E-state index is 5.58. The van der Waals surface area contributed by atoms with Gasteiger partial charge in [0.2, 0.25) is 0 Å². The van der Waals surface area contributed by atoms with Gasteiger partial charge in [-0.05, 0) is 30.2 Å². The van der Waals surface area contributed by atoms with Crippen LogP contribution in [0.15, 0.2) is 30.6 Å². The number of H-pyrrole nitrogens is 1. The Morgan fingerprint density at radius 1 is 1.45 bits per heavy atom. The third-order valence-electron chi connectivity index (χ3n) is 3.71. The maximum absolute atomic E-state index is 5.58. The monoisotopic (exact) mass is 271 g/mol. The first-order chi connectivity index (χ1) is 9.86. The Bertz CT molecular complexity index is 551. The van der Waals surface area contributed by atoms with E-state index in [1.54, 1.807) is 0 Å². The Kier molecular flexibility index (Phi) is 4.02. The molecule has 0 fully saturated rings. The van der Waals surface area contributed by atoms with Gasteiger partial charge in [-0.15, -0.1) is 0 Å². The molecule has 1 aliphatic heterocycles. The lowest BCUT2D eigenvalue weighted by atomic mass is 9.99. The van der Waals surface area contributed by atoms with E-state index < -0.39 is 0 Å². The van der Waals surface area contributed by atoms with E-state index in [4.69, 9.17) is 4.74 Å². The van der Waals surface area contributed by atoms with Crippen LogP contribution in [-0.2, 0) is 12.8 Å². The number of ether oxygens (including phenoxy) is 1. The zero-order valence-corrected chi connectivity index (χ0v) is 11.9. The second kappa shape index (κ2) is 6.09. The number of hydrogen-bond acceptors (Lipinski definition) is 3. The summed E-state index contributed by atoms with van der Waals surface area (Å²) in [6.07, 6.45) is 6.71. The van der Waals surface area contributed by atoms with Crippen LogP contribution in [0.1, 0.15) is 36.3 Å². The first kappa shape index (κ1) is 13.2. The number of fused-ring (bicyclic) bond motifs is 1. The SMILES string of the molecule is CCCNC(Cc1ncc[nH]1)c1ccc2c(c1)CCO2. The van der Waals surface area contributed by atoms with Crippen LogP contribution in [0.3, 0.4) is 0 Å². The van der Waals surface area contributed by atoms with Crippen LogP contribution in [0, 0.1) is 0 Å². The summed E-state index contributed by atoms with van der Waals surface area (Å²) in [6.45, 7) is 4.01. The van der Waals surface area contributed by atoms with Crippen LogP contribution in [-0.4, -0.2) is 23.1 Å². The fraction of sp³-hybridized carbons (Fsp3) is 0.438. The predicted molar refractivity (Wildman–Crippen MR) is 79.0 cm³/mol. The molecule has 1 aliphatic rings. The van der Waals surface area contributed by atoms with Gasteiger partial charge in [0.25, 0.3) is 0 Å². The molecule has 4 heteroatoms. The van der Waals surface area contributed by atoms with Crippen LogP contribution >= 0.6 is 0 Å². The highest BCUT2D eigenvalue weighted by atomic mass is 16.5. The van der Waals surface area contributed by atoms with E-state index in [-0.39, 0.29) is 0 Å². The second-order valence-corrected chi connectivity index (χ2v) is 5.21. The molecule has 1 atom stereocenters. The van der Waals surface area contributed by atoms with Crippen molar-refractivity contribution < 1.29 is 4.74 Å². The van der Waals surface area contributed by atoms with E-state index >= 15 is 0 Å². The van der Waals surface area contributed by atoms with E-state index in [1.807, 2.05) is 12.4 Å². The summed E-state index contributed by atoms with van der Waals surface area (Å²) < 4.78 is 5.58. The second-order valence-electron chi connectivity index (χ2n) is 5.21. The van der Waals surface area contributed by atoms with E-state index in [2.05, 4.69) is 40.4 Å². The van der Waals surface area contributed by atoms with Crippen LogP contribution < -0.4 is 10.1 Å². The number of imidazole rings is 1. The Morgan fingerprint density at radius 3 is 3.20 bits per heavy atom. The van der Waals surface area contributed by atoms with Crippen LogP contribution in [0.2, 0.25) is 0 Å². The average Bonchev–Trinajstić information content (AvgIpc) is 3.13. The van der Waals surface area contributed by atoms with Crippen molar-refractivity contribution in [1.29, 1.82) is 0 Å². The topological polar surface area (TPSA) is 49.9 Å². The number of benzene rings is 1. The summed E-state index contributed by atoms with van der Waals surface area (Å²) in [6, 6.07) is 6.84. The van der Waals surface area contributed by atoms with Crippen molar-refractivity contribution in [2.45, 2.75) is 32.2 Å². The van der Waals surface area contributed by atoms with E-state index in [9.17, 15) is 0 Å². The van der Waals surface area contributed by atoms with Gasteiger partial charge in [0.1, 0.15) is 11.6 Å². The van der Waals surface area contributed by atoms with E-state index in [0.29, 0.717) is 6.04 Å². The summed E-state index contributed by atoms with van der Waals surface area (Å²) >= 11 is 0. The van der Waals surface area contributed by atoms with Gasteiger partial charge in [-0.25, -0.2) is 4.98 Å². The molecule has 2 N–H and O–H groups in total. The lowest BCUT2D eigenvalue weighted by Gasteiger charge is -2.18. The zero-order chi connectivity index (χ0) is 13.8. The largest absolute Gasteiger partial charge is 0.493 e. The normalized spacial score (nSPS) is 14.8. The molecule has 0 bridgehead atoms. The minimum atomic E-state index is 0.298. The maximum Gasteiger partial charge on any atom is 0.122 e. The molecule has 0 saturated carbocycles. The molecule has 2 heterocycles. The molecule has 1 aromatic heterocycles. The number of nitrogens with zero attached hydrogens (tertiary/aromatic N) is 1. The summed E-state index contributed by atoms with van der Waals surface area (Å²) in [4.78, 5) is 7.53. The summed E-state index contributed by atoms with van der Waals surface area (Å²) in [5.41, 5.74) is 2.64. The molecular formula is C16H21N3O. The van der Waals surface area contributed by atoms with Gasteiger partial charge in [0.05, 0.1) is 6.61 Å². The molecule has 0 saturated heterocycles. The quantitative estimate of drug-likeness (QED) is 0.849. The molecule has 106 valence electrons. The summed E-state index contributed by atoms with van der Waals surface area (Å²) in [7, 11) is 0. The molecule has 2 aromatic rings. The third-order valence-corrected chi connectivity index (χ3v) is 3.71. The van der Waals surface area contributed by atoms with Crippen LogP contribution in [0.25, 0.3) is 0 Å². The van der Waals surface area contributed by atoms with Gasteiger partial charge in [-0.2, -0.15) is 0 Å². The minimum Gasteiger partial charge on any atom is -0.493 e. The molecule has 4 nitrogen and oxygen atoms in total. The van der Waals surface area contributed by atoms with Gasteiger partial charge >= 0.3 is 0 Å². The highest BCUT2D eigenvalue weighted by molar-refractivity contribution is 5.41. The third kappa shape index (κ3) is 2.85. The van der Waals surface area contributed by atoms with E-state index in [1.165, 1.54) is 11.1 Å². The van der Waals surface area contributed by atoms with Crippen molar-refractivity contribution in [3.63, 3.8) is 0 Å². The predicted octanol–water partition coefficient (Wildman–Crippen LogP) is 2.63. The van der Waals surface area contributed by atoms with E-state index in [0.717, 1.165) is 44.0 Å². The van der Waals surface area contributed by atoms with Gasteiger partial charge < -0.3 is 15.0 Å². The number of rotatable bonds is 6. The summed E-state index contributed by atoms with van der Waals surface area (Å²) in [5.74, 6) is 2.07. The smallest absolute Gasteiger partial charge is 0.122 e. The fourth-order valence-electron chi connectivity index (χ4n) is 2.65. The Labute approximate surface area is 119 Å². The average molecular weight is 271 g/mol. The lowest BCUT2D eigenvalue weighted by Crippen LogP contribution is -2.24. The zero-order valence-electron chi connectivity index (χ0n) is 11.9. The molecule has 0 spiro atoms. The Balaban J connectivity index is 1.80. The van der Waals surface area contributed by atoms with Gasteiger partial charge in [0, 0.05) is 31.3 Å². The van der Waals surface area contributed by atoms with Crippen molar-refractivity contribution >= 4 is 0 Å². The van der Waals surface area contributed by atoms with Crippen molar-refractivity contribution in [1.82, 2.24) is 15.3 Å². The first-order valence-corrected chi connectivity index (χ1v) is 7.34. The highest BCUT2D eigenvalue weighted by Gasteiger charge is 2.17. The van der Waals surface area contributed by atoms with Crippen LogP contribution in [0.5, 0.6) is 5.75 Å². The fourth-order valence-corrected chi connectivity index (χ4v) is 2.65. The number of aromatic nitrogens is 2. The number of hydrogen-bond donors (Lipinski definition) is 2. The van der Waals surface area contributed by atoms with Crippen molar-refractivity contribution in [2.75, 3.05) is 13.2 Å². The molecule has 1 unspecified atom stereocenters. The molecule has 20 heavy (non-hydrogen) atoms. The molecule has 1 aromatic carbocycles. The number of aromatic amines is 1. The van der Waals surface area contributed by atoms with Gasteiger partial charge in [-0.1, -0.05) is 19.1 Å². The molecule has 0 radical (unpaired) electrons.